The number of aryl methyl sites for hydroxylation is 2. The third-order valence-electron chi connectivity index (χ3n) is 3.95. The second-order valence-electron chi connectivity index (χ2n) is 5.45. The van der Waals surface area contributed by atoms with Gasteiger partial charge in [0, 0.05) is 11.9 Å². The molecule has 4 aromatic rings. The maximum absolute atomic E-state index is 4.84. The first-order valence-electron chi connectivity index (χ1n) is 7.28. The van der Waals surface area contributed by atoms with E-state index in [1.807, 2.05) is 12.3 Å². The molecule has 23 heavy (non-hydrogen) atoms. The van der Waals surface area contributed by atoms with Crippen LogP contribution in [0.25, 0.3) is 16.7 Å². The third-order valence-corrected chi connectivity index (χ3v) is 3.95. The fourth-order valence-electron chi connectivity index (χ4n) is 2.54. The van der Waals surface area contributed by atoms with E-state index < -0.39 is 0 Å². The summed E-state index contributed by atoms with van der Waals surface area (Å²) in [6, 6.07) is 8.37. The standard InChI is InChI=1S/C17H15N5O/c1-11-3-4-14(7-12(11)2)22-6-5-15-16(18-10-19-17(15)22)21-13-8-20-23-9-13/h3-10H,1-2H3,(H,18,19,21). The van der Waals surface area contributed by atoms with E-state index in [4.69, 9.17) is 4.52 Å². The molecule has 0 aliphatic carbocycles. The summed E-state index contributed by atoms with van der Waals surface area (Å²) in [7, 11) is 0. The van der Waals surface area contributed by atoms with Gasteiger partial charge >= 0.3 is 0 Å². The Labute approximate surface area is 132 Å². The Morgan fingerprint density at radius 2 is 2.00 bits per heavy atom. The lowest BCUT2D eigenvalue weighted by Crippen LogP contribution is -1.98. The number of hydrogen-bond acceptors (Lipinski definition) is 5. The smallest absolute Gasteiger partial charge is 0.150 e. The van der Waals surface area contributed by atoms with Gasteiger partial charge in [0.15, 0.2) is 0 Å². The monoisotopic (exact) mass is 305 g/mol. The Bertz CT molecular complexity index is 972. The van der Waals surface area contributed by atoms with Crippen LogP contribution >= 0.6 is 0 Å². The van der Waals surface area contributed by atoms with Crippen molar-refractivity contribution in [2.24, 2.45) is 0 Å². The molecule has 0 saturated heterocycles. The van der Waals surface area contributed by atoms with E-state index in [9.17, 15) is 0 Å². The predicted molar refractivity (Wildman–Crippen MR) is 88.1 cm³/mol. The average Bonchev–Trinajstić information content (AvgIpc) is 3.20. The molecule has 0 aliphatic rings. The largest absolute Gasteiger partial charge is 0.363 e. The molecule has 0 atom stereocenters. The summed E-state index contributed by atoms with van der Waals surface area (Å²) in [4.78, 5) is 8.75. The molecule has 1 N–H and O–H groups in total. The molecule has 0 amide bonds. The van der Waals surface area contributed by atoms with Crippen molar-refractivity contribution in [2.45, 2.75) is 13.8 Å². The van der Waals surface area contributed by atoms with Crippen LogP contribution in [0.2, 0.25) is 0 Å². The molecule has 6 heteroatoms. The van der Waals surface area contributed by atoms with Gasteiger partial charge < -0.3 is 14.4 Å². The summed E-state index contributed by atoms with van der Waals surface area (Å²) >= 11 is 0. The average molecular weight is 305 g/mol. The zero-order chi connectivity index (χ0) is 15.8. The van der Waals surface area contributed by atoms with E-state index in [1.165, 1.54) is 17.4 Å². The van der Waals surface area contributed by atoms with Gasteiger partial charge in [-0.15, -0.1) is 0 Å². The summed E-state index contributed by atoms with van der Waals surface area (Å²) in [6.45, 7) is 4.22. The fourth-order valence-corrected chi connectivity index (χ4v) is 2.54. The van der Waals surface area contributed by atoms with E-state index in [0.29, 0.717) is 0 Å². The van der Waals surface area contributed by atoms with Gasteiger partial charge in [-0.1, -0.05) is 11.2 Å². The van der Waals surface area contributed by atoms with Gasteiger partial charge in [-0.05, 0) is 43.2 Å². The van der Waals surface area contributed by atoms with Crippen molar-refractivity contribution in [1.82, 2.24) is 19.7 Å². The molecule has 3 aromatic heterocycles. The topological polar surface area (TPSA) is 68.8 Å². The molecule has 0 fully saturated rings. The van der Waals surface area contributed by atoms with E-state index in [2.05, 4.69) is 57.1 Å². The normalized spacial score (nSPS) is 11.0. The van der Waals surface area contributed by atoms with Crippen molar-refractivity contribution >= 4 is 22.5 Å². The molecule has 6 nitrogen and oxygen atoms in total. The lowest BCUT2D eigenvalue weighted by atomic mass is 10.1. The minimum absolute atomic E-state index is 0.723. The molecule has 1 aromatic carbocycles. The molecule has 3 heterocycles. The van der Waals surface area contributed by atoms with Crippen molar-refractivity contribution in [3.63, 3.8) is 0 Å². The molecule has 0 bridgehead atoms. The van der Waals surface area contributed by atoms with Crippen molar-refractivity contribution in [3.05, 3.63) is 60.4 Å². The summed E-state index contributed by atoms with van der Waals surface area (Å²) in [5.41, 5.74) is 5.21. The highest BCUT2D eigenvalue weighted by molar-refractivity contribution is 5.90. The van der Waals surface area contributed by atoms with Crippen molar-refractivity contribution in [3.8, 4) is 5.69 Å². The Morgan fingerprint density at radius 3 is 2.78 bits per heavy atom. The first kappa shape index (κ1) is 13.5. The zero-order valence-corrected chi connectivity index (χ0v) is 12.8. The number of anilines is 2. The number of rotatable bonds is 3. The van der Waals surface area contributed by atoms with Gasteiger partial charge in [0.05, 0.1) is 11.6 Å². The maximum atomic E-state index is 4.84. The Hall–Kier alpha value is -3.15. The molecule has 114 valence electrons. The van der Waals surface area contributed by atoms with E-state index >= 15 is 0 Å². The molecule has 0 radical (unpaired) electrons. The van der Waals surface area contributed by atoms with Crippen LogP contribution in [0.1, 0.15) is 11.1 Å². The molecule has 4 rings (SSSR count). The van der Waals surface area contributed by atoms with Crippen LogP contribution in [0, 0.1) is 13.8 Å². The van der Waals surface area contributed by atoms with Crippen molar-refractivity contribution in [2.75, 3.05) is 5.32 Å². The van der Waals surface area contributed by atoms with E-state index in [-0.39, 0.29) is 0 Å². The lowest BCUT2D eigenvalue weighted by Gasteiger charge is -2.08. The Morgan fingerprint density at radius 1 is 1.09 bits per heavy atom. The minimum Gasteiger partial charge on any atom is -0.363 e. The van der Waals surface area contributed by atoms with Crippen LogP contribution < -0.4 is 5.32 Å². The zero-order valence-electron chi connectivity index (χ0n) is 12.8. The summed E-state index contributed by atoms with van der Waals surface area (Å²) in [6.07, 6.45) is 6.69. The molecular formula is C17H15N5O. The van der Waals surface area contributed by atoms with Crippen LogP contribution in [-0.4, -0.2) is 19.7 Å². The molecule has 0 spiro atoms. The molecule has 0 saturated carbocycles. The van der Waals surface area contributed by atoms with Crippen molar-refractivity contribution in [1.29, 1.82) is 0 Å². The van der Waals surface area contributed by atoms with Crippen LogP contribution in [0.15, 0.2) is 53.8 Å². The van der Waals surface area contributed by atoms with Gasteiger partial charge in [0.25, 0.3) is 0 Å². The highest BCUT2D eigenvalue weighted by Gasteiger charge is 2.11. The maximum Gasteiger partial charge on any atom is 0.150 e. The first-order chi connectivity index (χ1) is 11.2. The quantitative estimate of drug-likeness (QED) is 0.624. The molecular weight excluding hydrogens is 290 g/mol. The Kier molecular flexibility index (Phi) is 3.08. The fraction of sp³-hybridized carbons (Fsp3) is 0.118. The third kappa shape index (κ3) is 2.34. The number of benzene rings is 1. The van der Waals surface area contributed by atoms with Gasteiger partial charge in [-0.2, -0.15) is 0 Å². The first-order valence-corrected chi connectivity index (χ1v) is 7.28. The van der Waals surface area contributed by atoms with Crippen molar-refractivity contribution < 1.29 is 4.52 Å². The highest BCUT2D eigenvalue weighted by Crippen LogP contribution is 2.26. The van der Waals surface area contributed by atoms with Gasteiger partial charge in [0.1, 0.15) is 29.7 Å². The van der Waals surface area contributed by atoms with E-state index in [0.717, 1.165) is 28.2 Å². The summed E-state index contributed by atoms with van der Waals surface area (Å²) in [5.74, 6) is 0.723. The van der Waals surface area contributed by atoms with Crippen LogP contribution in [0.5, 0.6) is 0 Å². The second kappa shape index (κ2) is 5.24. The highest BCUT2D eigenvalue weighted by atomic mass is 16.5. The molecule has 0 aliphatic heterocycles. The Balaban J connectivity index is 1.82. The van der Waals surface area contributed by atoms with E-state index in [1.54, 1.807) is 12.5 Å². The van der Waals surface area contributed by atoms with Gasteiger partial charge in [-0.3, -0.25) is 0 Å². The summed E-state index contributed by atoms with van der Waals surface area (Å²) in [5, 5.41) is 7.81. The van der Waals surface area contributed by atoms with Gasteiger partial charge in [-0.25, -0.2) is 9.97 Å². The predicted octanol–water partition coefficient (Wildman–Crippen LogP) is 3.77. The molecule has 0 unspecified atom stereocenters. The minimum atomic E-state index is 0.723. The number of hydrogen-bond donors (Lipinski definition) is 1. The lowest BCUT2D eigenvalue weighted by molar-refractivity contribution is 0.420. The second-order valence-corrected chi connectivity index (χ2v) is 5.45. The number of nitrogens with one attached hydrogen (secondary N) is 1. The summed E-state index contributed by atoms with van der Waals surface area (Å²) < 4.78 is 6.89. The van der Waals surface area contributed by atoms with Crippen LogP contribution in [-0.2, 0) is 0 Å². The SMILES string of the molecule is Cc1ccc(-n2ccc3c(Nc4cnoc4)ncnc32)cc1C. The number of fused-ring (bicyclic) bond motifs is 1. The number of nitrogens with zero attached hydrogens (tertiary/aromatic N) is 4. The van der Waals surface area contributed by atoms with Crippen LogP contribution in [0.3, 0.4) is 0 Å². The van der Waals surface area contributed by atoms with Gasteiger partial charge in [0.2, 0.25) is 0 Å². The van der Waals surface area contributed by atoms with Crippen LogP contribution in [0.4, 0.5) is 11.5 Å². The number of aromatic nitrogens is 4.